The van der Waals surface area contributed by atoms with Crippen LogP contribution in [-0.2, 0) is 160 Å². The Balaban J connectivity index is -0.0000000169. The Hall–Kier alpha value is -1.60. The molecule has 0 unspecified atom stereocenters. The van der Waals surface area contributed by atoms with Gasteiger partial charge in [0, 0.05) is 59.1 Å². The molecule has 25 heteroatoms. The molecule has 255 valence electrons. The van der Waals surface area contributed by atoms with Crippen LogP contribution < -0.4 is 0 Å². The van der Waals surface area contributed by atoms with Crippen molar-refractivity contribution in [2.75, 3.05) is 0 Å². The summed E-state index contributed by atoms with van der Waals surface area (Å²) >= 11 is 0. The second kappa shape index (κ2) is 90.1. The fraction of sp³-hybridized carbons (Fsp3) is 0.500. The van der Waals surface area contributed by atoms with E-state index >= 15 is 0 Å². The second-order valence-corrected chi connectivity index (χ2v) is 5.56. The number of nitrogens with one attached hydrogen (secondary N) is 10. The molecule has 0 fully saturated rings. The summed E-state index contributed by atoms with van der Waals surface area (Å²) < 4.78 is 0. The van der Waals surface area contributed by atoms with Crippen LogP contribution in [0.5, 0.6) is 0 Å². The zero-order chi connectivity index (χ0) is 35.8. The molecule has 45 heavy (non-hydrogen) atoms. The van der Waals surface area contributed by atoms with Gasteiger partial charge in [0.25, 0.3) is 0 Å². The number of hydrogen-bond donors (Lipinski definition) is 0. The van der Waals surface area contributed by atoms with Crippen molar-refractivity contribution in [2.45, 2.75) is 69.2 Å². The van der Waals surface area contributed by atoms with Crippen LogP contribution in [0.15, 0.2) is 0 Å². The Labute approximate surface area is 342 Å². The van der Waals surface area contributed by atoms with Crippen LogP contribution >= 0.6 is 0 Å². The quantitative estimate of drug-likeness (QED) is 0.261. The summed E-state index contributed by atoms with van der Waals surface area (Å²) in [7, 11) is 0. The van der Waals surface area contributed by atoms with Gasteiger partial charge in [-0.2, -0.15) is 0 Å². The Morgan fingerprint density at radius 3 is 0.200 bits per heavy atom. The van der Waals surface area contributed by atoms with Crippen LogP contribution in [0.1, 0.15) is 69.2 Å². The van der Waals surface area contributed by atoms with Crippen LogP contribution in [0.4, 0.5) is 0 Å². The molecule has 20 nitrogen and oxygen atoms in total. The standard InChI is InChI=1S/10C2H5NO.5Nb/c10*1-2(3)4;;;;;/h10*1H3,(H2,3,4);;;;;/q;;;;;;;;;;5*+2/p-10. The van der Waals surface area contributed by atoms with Crippen molar-refractivity contribution in [1.82, 2.24) is 0 Å². The van der Waals surface area contributed by atoms with Gasteiger partial charge >= 0.3 is 112 Å². The van der Waals surface area contributed by atoms with Gasteiger partial charge in [0.15, 0.2) is 0 Å². The normalized spacial score (nSPS) is 5.56. The van der Waals surface area contributed by atoms with E-state index < -0.39 is 59.1 Å². The average molecular weight is 1050 g/mol. The van der Waals surface area contributed by atoms with Gasteiger partial charge in [-0.3, -0.25) is 0 Å². The molecule has 0 saturated heterocycles. The maximum Gasteiger partial charge on any atom is 2.00 e. The first kappa shape index (κ1) is 96.7. The van der Waals surface area contributed by atoms with Crippen LogP contribution in [0, 0.1) is 0 Å². The molecule has 0 aromatic rings. The molecular weight excluding hydrogens is 1000 g/mol. The molecule has 0 heterocycles. The Bertz CT molecular complexity index is 512. The second-order valence-electron chi connectivity index (χ2n) is 5.56. The zero-order valence-electron chi connectivity index (χ0n) is 26.3. The van der Waals surface area contributed by atoms with Gasteiger partial charge in [-0.05, 0) is 69.2 Å². The molecular formula is C20H40N10Nb5O10. The van der Waals surface area contributed by atoms with E-state index in [1.807, 2.05) is 0 Å². The Morgan fingerprint density at radius 2 is 0.200 bits per heavy atom. The minimum atomic E-state index is -0.583. The number of hydrogen-bond acceptors (Lipinski definition) is 10. The van der Waals surface area contributed by atoms with Crippen LogP contribution in [0.25, 0.3) is 57.3 Å². The molecule has 0 saturated carbocycles. The predicted octanol–water partition coefficient (Wildman–Crippen LogP) is 5.84. The van der Waals surface area contributed by atoms with Gasteiger partial charge in [-0.25, -0.2) is 0 Å². The number of carbonyl (C=O) groups excluding carboxylic acids is 10. The van der Waals surface area contributed by atoms with Crippen molar-refractivity contribution in [3.05, 3.63) is 57.3 Å². The summed E-state index contributed by atoms with van der Waals surface area (Å²) in [4.78, 5) is 91.1. The molecule has 5 radical (unpaired) electrons. The SMILES string of the molecule is CC([NH-])=O.CC([NH-])=O.CC([NH-])=O.CC([NH-])=O.CC([NH-])=O.CC([NH-])=O.CC([NH-])=O.CC([NH-])=O.CC([NH-])=O.CC([NH-])=O.[Nb+2].[Nb+2].[Nb+2].[Nb+2].[Nb+2]. The van der Waals surface area contributed by atoms with E-state index in [0.717, 1.165) is 0 Å². The van der Waals surface area contributed by atoms with Gasteiger partial charge in [0.2, 0.25) is 0 Å². The van der Waals surface area contributed by atoms with Crippen LogP contribution in [0.2, 0.25) is 0 Å². The Morgan fingerprint density at radius 1 is 0.200 bits per heavy atom. The van der Waals surface area contributed by atoms with Gasteiger partial charge in [-0.1, -0.05) is 0 Å². The van der Waals surface area contributed by atoms with E-state index in [9.17, 15) is 0 Å². The zero-order valence-corrected chi connectivity index (χ0v) is 37.3. The van der Waals surface area contributed by atoms with E-state index in [0.29, 0.717) is 0 Å². The number of rotatable bonds is 0. The fourth-order valence-corrected chi connectivity index (χ4v) is 0. The third kappa shape index (κ3) is 27100. The third-order valence-electron chi connectivity index (χ3n) is 0. The molecule has 0 atom stereocenters. The predicted molar refractivity (Wildman–Crippen MR) is 150 cm³/mol. The summed E-state index contributed by atoms with van der Waals surface area (Å²) in [5.41, 5.74) is 59.4. The number of amides is 10. The van der Waals surface area contributed by atoms with E-state index in [-0.39, 0.29) is 112 Å². The summed E-state index contributed by atoms with van der Waals surface area (Å²) in [5, 5.41) is 0. The molecule has 0 aliphatic rings. The smallest absolute Gasteiger partial charge is 0.668 e. The monoisotopic (exact) mass is 1040 g/mol. The van der Waals surface area contributed by atoms with E-state index in [1.54, 1.807) is 0 Å². The first-order chi connectivity index (χ1) is 17.3. The van der Waals surface area contributed by atoms with Crippen molar-refractivity contribution in [3.63, 3.8) is 0 Å². The van der Waals surface area contributed by atoms with Crippen LogP contribution in [-0.4, -0.2) is 59.1 Å². The summed E-state index contributed by atoms with van der Waals surface area (Å²) in [6.07, 6.45) is 0. The molecule has 10 N–H and O–H groups in total. The summed E-state index contributed by atoms with van der Waals surface area (Å²) in [5.74, 6) is -5.83. The molecule has 0 aliphatic heterocycles. The molecule has 0 rings (SSSR count). The Kier molecular flexibility index (Phi) is 194. The van der Waals surface area contributed by atoms with Crippen molar-refractivity contribution >= 4 is 59.1 Å². The molecule has 0 aliphatic carbocycles. The number of carbonyl (C=O) groups is 10. The maximum absolute atomic E-state index is 9.11. The van der Waals surface area contributed by atoms with Crippen molar-refractivity contribution < 1.29 is 160 Å². The third-order valence-corrected chi connectivity index (χ3v) is 0. The van der Waals surface area contributed by atoms with Gasteiger partial charge in [-0.15, -0.1) is 0 Å². The summed E-state index contributed by atoms with van der Waals surface area (Å²) in [6, 6.07) is 0. The van der Waals surface area contributed by atoms with Crippen molar-refractivity contribution in [2.24, 2.45) is 0 Å². The minimum absolute atomic E-state index is 0. The van der Waals surface area contributed by atoms with Crippen molar-refractivity contribution in [1.29, 1.82) is 0 Å². The van der Waals surface area contributed by atoms with E-state index in [2.05, 4.69) is 0 Å². The van der Waals surface area contributed by atoms with Gasteiger partial charge in [0.05, 0.1) is 0 Å². The van der Waals surface area contributed by atoms with Gasteiger partial charge < -0.3 is 105 Å². The molecule has 0 bridgehead atoms. The first-order valence-corrected chi connectivity index (χ1v) is 9.54. The average Bonchev–Trinajstić information content (AvgIpc) is 2.47. The fourth-order valence-electron chi connectivity index (χ4n) is 0. The molecule has 0 aromatic carbocycles. The first-order valence-electron chi connectivity index (χ1n) is 9.54. The van der Waals surface area contributed by atoms with Crippen LogP contribution in [0.3, 0.4) is 0 Å². The molecule has 0 aromatic heterocycles. The maximum atomic E-state index is 9.11. The largest absolute Gasteiger partial charge is 2.00 e. The molecule has 10 amide bonds. The summed E-state index contributed by atoms with van der Waals surface area (Å²) in [6.45, 7) is 11.9. The topological polar surface area (TPSA) is 409 Å². The van der Waals surface area contributed by atoms with Crippen molar-refractivity contribution in [3.8, 4) is 0 Å². The minimum Gasteiger partial charge on any atom is -0.668 e. The van der Waals surface area contributed by atoms with Gasteiger partial charge in [0.1, 0.15) is 0 Å². The van der Waals surface area contributed by atoms with E-state index in [4.69, 9.17) is 105 Å². The molecule has 0 spiro atoms. The van der Waals surface area contributed by atoms with E-state index in [1.165, 1.54) is 69.2 Å².